The maximum atomic E-state index is 12.6. The highest BCUT2D eigenvalue weighted by Crippen LogP contribution is 2.12. The number of Topliss-reactive ketones (excluding diaryl/α,β-unsaturated/α-hetero) is 1. The third-order valence-electron chi connectivity index (χ3n) is 5.13. The van der Waals surface area contributed by atoms with Crippen molar-refractivity contribution in [1.29, 1.82) is 0 Å². The second kappa shape index (κ2) is 9.47. The third-order valence-corrected chi connectivity index (χ3v) is 5.13. The van der Waals surface area contributed by atoms with Crippen LogP contribution < -0.4 is 0 Å². The molecule has 0 spiro atoms. The summed E-state index contributed by atoms with van der Waals surface area (Å²) in [4.78, 5) is 29.2. The van der Waals surface area contributed by atoms with E-state index in [2.05, 4.69) is 29.2 Å². The average Bonchev–Trinajstić information content (AvgIpc) is 2.93. The number of aryl methyl sites for hydroxylation is 1. The fourth-order valence-electron chi connectivity index (χ4n) is 3.48. The lowest BCUT2D eigenvalue weighted by Gasteiger charge is -2.22. The molecule has 1 aliphatic heterocycles. The molecular weight excluding hydrogens is 336 g/mol. The van der Waals surface area contributed by atoms with Gasteiger partial charge in [-0.25, -0.2) is 0 Å². The first-order valence-electron chi connectivity index (χ1n) is 9.76. The molecular formula is C23H28N2O2. The molecule has 0 saturated carbocycles. The number of amides is 1. The summed E-state index contributed by atoms with van der Waals surface area (Å²) in [6, 6.07) is 18.0. The fourth-order valence-corrected chi connectivity index (χ4v) is 3.48. The predicted molar refractivity (Wildman–Crippen MR) is 108 cm³/mol. The van der Waals surface area contributed by atoms with Crippen LogP contribution in [0.5, 0.6) is 0 Å². The fraction of sp³-hybridized carbons (Fsp3) is 0.391. The van der Waals surface area contributed by atoms with E-state index in [-0.39, 0.29) is 18.1 Å². The minimum Gasteiger partial charge on any atom is -0.341 e. The van der Waals surface area contributed by atoms with Gasteiger partial charge in [-0.3, -0.25) is 14.5 Å². The molecule has 2 aromatic rings. The molecule has 0 bridgehead atoms. The first-order chi connectivity index (χ1) is 13.1. The highest BCUT2D eigenvalue weighted by Gasteiger charge is 2.20. The number of carbonyl (C=O) groups is 2. The van der Waals surface area contributed by atoms with Gasteiger partial charge in [0, 0.05) is 51.1 Å². The predicted octanol–water partition coefficient (Wildman–Crippen LogP) is 3.69. The Labute approximate surface area is 161 Å². The van der Waals surface area contributed by atoms with Crippen LogP contribution in [0.4, 0.5) is 0 Å². The number of hydrogen-bond donors (Lipinski definition) is 0. The Kier molecular flexibility index (Phi) is 6.77. The molecule has 0 unspecified atom stereocenters. The maximum absolute atomic E-state index is 12.6. The Morgan fingerprint density at radius 2 is 1.59 bits per heavy atom. The van der Waals surface area contributed by atoms with Crippen molar-refractivity contribution in [1.82, 2.24) is 9.80 Å². The van der Waals surface area contributed by atoms with Crippen LogP contribution in [0.3, 0.4) is 0 Å². The zero-order chi connectivity index (χ0) is 19.1. The Hall–Kier alpha value is -2.46. The van der Waals surface area contributed by atoms with Gasteiger partial charge in [0.15, 0.2) is 5.78 Å². The van der Waals surface area contributed by atoms with Crippen molar-refractivity contribution in [3.8, 4) is 0 Å². The van der Waals surface area contributed by atoms with E-state index in [1.165, 1.54) is 5.56 Å². The molecule has 1 aliphatic rings. The lowest BCUT2D eigenvalue weighted by Crippen LogP contribution is -2.35. The Balaban J connectivity index is 1.46. The van der Waals surface area contributed by atoms with Crippen LogP contribution in [-0.2, 0) is 11.3 Å². The van der Waals surface area contributed by atoms with E-state index < -0.39 is 0 Å². The Morgan fingerprint density at radius 3 is 2.33 bits per heavy atom. The minimum atomic E-state index is 0.0453. The summed E-state index contributed by atoms with van der Waals surface area (Å²) in [6.07, 6.45) is 1.56. The average molecular weight is 364 g/mol. The molecule has 3 rings (SSSR count). The van der Waals surface area contributed by atoms with Gasteiger partial charge in [-0.05, 0) is 18.9 Å². The standard InChI is InChI=1S/C23H28N2O2/c1-19-8-10-21(11-9-19)22(26)12-13-23(27)25-15-5-14-24(16-17-25)18-20-6-3-2-4-7-20/h2-4,6-11H,5,12-18H2,1H3. The van der Waals surface area contributed by atoms with Crippen molar-refractivity contribution in [3.05, 3.63) is 71.3 Å². The van der Waals surface area contributed by atoms with Gasteiger partial charge in [0.25, 0.3) is 0 Å². The highest BCUT2D eigenvalue weighted by molar-refractivity contribution is 5.97. The summed E-state index contributed by atoms with van der Waals surface area (Å²) in [7, 11) is 0. The zero-order valence-corrected chi connectivity index (χ0v) is 16.1. The first kappa shape index (κ1) is 19.3. The third kappa shape index (κ3) is 5.76. The van der Waals surface area contributed by atoms with Gasteiger partial charge in [0.05, 0.1) is 0 Å². The Bertz CT molecular complexity index is 756. The molecule has 0 N–H and O–H groups in total. The summed E-state index contributed by atoms with van der Waals surface area (Å²) in [5.41, 5.74) is 3.13. The van der Waals surface area contributed by atoms with E-state index in [0.717, 1.165) is 44.7 Å². The van der Waals surface area contributed by atoms with E-state index in [1.807, 2.05) is 42.2 Å². The van der Waals surface area contributed by atoms with Crippen LogP contribution in [0.2, 0.25) is 0 Å². The molecule has 1 amide bonds. The summed E-state index contributed by atoms with van der Waals surface area (Å²) in [6.45, 7) is 6.33. The summed E-state index contributed by atoms with van der Waals surface area (Å²) >= 11 is 0. The number of carbonyl (C=O) groups excluding carboxylic acids is 2. The molecule has 0 atom stereocenters. The summed E-state index contributed by atoms with van der Waals surface area (Å²) in [5, 5.41) is 0. The van der Waals surface area contributed by atoms with Crippen LogP contribution in [-0.4, -0.2) is 47.7 Å². The topological polar surface area (TPSA) is 40.6 Å². The van der Waals surface area contributed by atoms with Crippen molar-refractivity contribution < 1.29 is 9.59 Å². The number of ketones is 1. The SMILES string of the molecule is Cc1ccc(C(=O)CCC(=O)N2CCCN(Cc3ccccc3)CC2)cc1. The number of rotatable bonds is 6. The van der Waals surface area contributed by atoms with Crippen molar-refractivity contribution in [3.63, 3.8) is 0 Å². The lowest BCUT2D eigenvalue weighted by molar-refractivity contribution is -0.131. The molecule has 1 saturated heterocycles. The molecule has 142 valence electrons. The number of benzene rings is 2. The number of nitrogens with zero attached hydrogens (tertiary/aromatic N) is 2. The van der Waals surface area contributed by atoms with Gasteiger partial charge in [-0.1, -0.05) is 60.2 Å². The van der Waals surface area contributed by atoms with E-state index >= 15 is 0 Å². The molecule has 4 heteroatoms. The van der Waals surface area contributed by atoms with Crippen molar-refractivity contribution in [2.75, 3.05) is 26.2 Å². The monoisotopic (exact) mass is 364 g/mol. The number of hydrogen-bond acceptors (Lipinski definition) is 3. The maximum Gasteiger partial charge on any atom is 0.223 e. The molecule has 0 aliphatic carbocycles. The normalized spacial score (nSPS) is 15.4. The smallest absolute Gasteiger partial charge is 0.223 e. The van der Waals surface area contributed by atoms with E-state index in [0.29, 0.717) is 12.0 Å². The van der Waals surface area contributed by atoms with Gasteiger partial charge in [-0.2, -0.15) is 0 Å². The van der Waals surface area contributed by atoms with E-state index in [4.69, 9.17) is 0 Å². The van der Waals surface area contributed by atoms with Gasteiger partial charge < -0.3 is 4.90 Å². The molecule has 1 fully saturated rings. The molecule has 2 aromatic carbocycles. The van der Waals surface area contributed by atoms with Crippen LogP contribution in [0, 0.1) is 6.92 Å². The molecule has 4 nitrogen and oxygen atoms in total. The molecule has 0 aromatic heterocycles. The largest absolute Gasteiger partial charge is 0.341 e. The van der Waals surface area contributed by atoms with Crippen molar-refractivity contribution in [2.45, 2.75) is 32.7 Å². The zero-order valence-electron chi connectivity index (χ0n) is 16.1. The first-order valence-corrected chi connectivity index (χ1v) is 9.76. The van der Waals surface area contributed by atoms with E-state index in [9.17, 15) is 9.59 Å². The lowest BCUT2D eigenvalue weighted by atomic mass is 10.0. The summed E-state index contributed by atoms with van der Waals surface area (Å²) in [5.74, 6) is 0.140. The quantitative estimate of drug-likeness (QED) is 0.734. The minimum absolute atomic E-state index is 0.0453. The molecule has 1 heterocycles. The second-order valence-electron chi connectivity index (χ2n) is 7.29. The van der Waals surface area contributed by atoms with Gasteiger partial charge in [0.2, 0.25) is 5.91 Å². The van der Waals surface area contributed by atoms with Crippen LogP contribution in [0.25, 0.3) is 0 Å². The second-order valence-corrected chi connectivity index (χ2v) is 7.29. The van der Waals surface area contributed by atoms with Gasteiger partial charge in [-0.15, -0.1) is 0 Å². The molecule has 0 radical (unpaired) electrons. The Morgan fingerprint density at radius 1 is 0.852 bits per heavy atom. The highest BCUT2D eigenvalue weighted by atomic mass is 16.2. The van der Waals surface area contributed by atoms with Crippen molar-refractivity contribution >= 4 is 11.7 Å². The van der Waals surface area contributed by atoms with Crippen LogP contribution >= 0.6 is 0 Å². The van der Waals surface area contributed by atoms with E-state index in [1.54, 1.807) is 0 Å². The van der Waals surface area contributed by atoms with Gasteiger partial charge in [0.1, 0.15) is 0 Å². The molecule has 27 heavy (non-hydrogen) atoms. The summed E-state index contributed by atoms with van der Waals surface area (Å²) < 4.78 is 0. The van der Waals surface area contributed by atoms with Crippen LogP contribution in [0.1, 0.15) is 40.7 Å². The van der Waals surface area contributed by atoms with Crippen LogP contribution in [0.15, 0.2) is 54.6 Å². The van der Waals surface area contributed by atoms with Gasteiger partial charge >= 0.3 is 0 Å². The van der Waals surface area contributed by atoms with Crippen molar-refractivity contribution in [2.24, 2.45) is 0 Å².